The standard InChI is InChI=1S/C19H20N4O3/c1-3-19(18(25)26-4-2)12-9-14-15(10-13(12)23-17(19)24)22-16(21-14)11-5-7-20-8-6-11/h5-10,16,21-22H,3-4H2,1-2H3,(H,23,24). The number of pyridine rings is 1. The van der Waals surface area contributed by atoms with Crippen molar-refractivity contribution < 1.29 is 14.3 Å². The summed E-state index contributed by atoms with van der Waals surface area (Å²) in [6.45, 7) is 3.80. The van der Waals surface area contributed by atoms with E-state index in [4.69, 9.17) is 4.74 Å². The third-order valence-corrected chi connectivity index (χ3v) is 5.05. The molecular weight excluding hydrogens is 332 g/mol. The predicted octanol–water partition coefficient (Wildman–Crippen LogP) is 2.78. The van der Waals surface area contributed by atoms with Crippen molar-refractivity contribution >= 4 is 28.9 Å². The number of amides is 1. The number of hydrogen-bond acceptors (Lipinski definition) is 6. The largest absolute Gasteiger partial charge is 0.465 e. The zero-order valence-corrected chi connectivity index (χ0v) is 14.6. The van der Waals surface area contributed by atoms with Crippen molar-refractivity contribution in [3.63, 3.8) is 0 Å². The molecule has 1 aromatic heterocycles. The topological polar surface area (TPSA) is 92.4 Å². The Labute approximate surface area is 151 Å². The number of nitrogens with one attached hydrogen (secondary N) is 3. The molecule has 0 radical (unpaired) electrons. The van der Waals surface area contributed by atoms with Gasteiger partial charge in [0.05, 0.1) is 18.0 Å². The van der Waals surface area contributed by atoms with E-state index >= 15 is 0 Å². The maximum atomic E-state index is 12.7. The van der Waals surface area contributed by atoms with Gasteiger partial charge in [0.1, 0.15) is 6.17 Å². The van der Waals surface area contributed by atoms with E-state index in [-0.39, 0.29) is 18.7 Å². The minimum absolute atomic E-state index is 0.0927. The lowest BCUT2D eigenvalue weighted by molar-refractivity contribution is -0.153. The van der Waals surface area contributed by atoms with E-state index in [9.17, 15) is 9.59 Å². The second-order valence-electron chi connectivity index (χ2n) is 6.38. The van der Waals surface area contributed by atoms with E-state index in [0.29, 0.717) is 17.7 Å². The maximum Gasteiger partial charge on any atom is 0.326 e. The molecule has 0 saturated carbocycles. The van der Waals surface area contributed by atoms with E-state index in [2.05, 4.69) is 20.9 Å². The van der Waals surface area contributed by atoms with Gasteiger partial charge in [-0.15, -0.1) is 0 Å². The average molecular weight is 352 g/mol. The summed E-state index contributed by atoms with van der Waals surface area (Å²) in [7, 11) is 0. The first-order valence-electron chi connectivity index (χ1n) is 8.70. The number of hydrogen-bond donors (Lipinski definition) is 3. The molecular formula is C19H20N4O3. The van der Waals surface area contributed by atoms with Crippen molar-refractivity contribution in [2.75, 3.05) is 22.6 Å². The van der Waals surface area contributed by atoms with Crippen molar-refractivity contribution in [2.45, 2.75) is 31.8 Å². The van der Waals surface area contributed by atoms with E-state index in [1.807, 2.05) is 31.2 Å². The molecule has 0 aliphatic carbocycles. The van der Waals surface area contributed by atoms with Crippen LogP contribution in [0.3, 0.4) is 0 Å². The zero-order valence-electron chi connectivity index (χ0n) is 14.6. The molecule has 2 aromatic rings. The highest BCUT2D eigenvalue weighted by atomic mass is 16.5. The first kappa shape index (κ1) is 16.4. The molecule has 134 valence electrons. The first-order valence-corrected chi connectivity index (χ1v) is 8.70. The van der Waals surface area contributed by atoms with E-state index < -0.39 is 11.4 Å². The molecule has 0 fully saturated rings. The molecule has 7 nitrogen and oxygen atoms in total. The Kier molecular flexibility index (Phi) is 3.79. The number of nitrogens with zero attached hydrogens (tertiary/aromatic N) is 1. The lowest BCUT2D eigenvalue weighted by Crippen LogP contribution is -2.43. The second-order valence-corrected chi connectivity index (χ2v) is 6.38. The maximum absolute atomic E-state index is 12.7. The Morgan fingerprint density at radius 3 is 2.50 bits per heavy atom. The van der Waals surface area contributed by atoms with Gasteiger partial charge in [-0.2, -0.15) is 0 Å². The van der Waals surface area contributed by atoms with Crippen molar-refractivity contribution in [2.24, 2.45) is 0 Å². The van der Waals surface area contributed by atoms with Gasteiger partial charge in [-0.3, -0.25) is 14.6 Å². The van der Waals surface area contributed by atoms with Crippen LogP contribution >= 0.6 is 0 Å². The van der Waals surface area contributed by atoms with Gasteiger partial charge in [0, 0.05) is 23.6 Å². The summed E-state index contributed by atoms with van der Waals surface area (Å²) in [5.74, 6) is -0.835. The molecule has 3 N–H and O–H groups in total. The summed E-state index contributed by atoms with van der Waals surface area (Å²) < 4.78 is 5.21. The Bertz CT molecular complexity index is 884. The molecule has 2 aliphatic heterocycles. The Balaban J connectivity index is 1.73. The Hall–Kier alpha value is -3.09. The molecule has 3 heterocycles. The van der Waals surface area contributed by atoms with Crippen LogP contribution < -0.4 is 16.0 Å². The molecule has 1 amide bonds. The summed E-state index contributed by atoms with van der Waals surface area (Å²) in [5, 5.41) is 9.63. The molecule has 0 saturated heterocycles. The molecule has 4 rings (SSSR count). The summed E-state index contributed by atoms with van der Waals surface area (Å²) in [6, 6.07) is 7.60. The van der Waals surface area contributed by atoms with Crippen LogP contribution in [-0.2, 0) is 19.7 Å². The Morgan fingerprint density at radius 1 is 1.15 bits per heavy atom. The van der Waals surface area contributed by atoms with Crippen LogP contribution in [-0.4, -0.2) is 23.5 Å². The van der Waals surface area contributed by atoms with Crippen LogP contribution in [0.4, 0.5) is 17.1 Å². The fourth-order valence-electron chi connectivity index (χ4n) is 3.67. The second kappa shape index (κ2) is 6.01. The molecule has 0 spiro atoms. The van der Waals surface area contributed by atoms with Crippen LogP contribution in [0.1, 0.15) is 37.6 Å². The zero-order chi connectivity index (χ0) is 18.3. The number of esters is 1. The summed E-state index contributed by atoms with van der Waals surface area (Å²) in [5.41, 5.74) is 2.79. The van der Waals surface area contributed by atoms with Crippen LogP contribution in [0.5, 0.6) is 0 Å². The minimum atomic E-state index is -1.29. The monoisotopic (exact) mass is 352 g/mol. The number of carbonyl (C=O) groups excluding carboxylic acids is 2. The highest BCUT2D eigenvalue weighted by Gasteiger charge is 2.53. The normalized spacial score (nSPS) is 22.7. The average Bonchev–Trinajstić information content (AvgIpc) is 3.18. The predicted molar refractivity (Wildman–Crippen MR) is 97.9 cm³/mol. The molecule has 2 aliphatic rings. The van der Waals surface area contributed by atoms with Crippen molar-refractivity contribution in [1.82, 2.24) is 4.98 Å². The fourth-order valence-corrected chi connectivity index (χ4v) is 3.67. The number of benzene rings is 1. The summed E-state index contributed by atoms with van der Waals surface area (Å²) >= 11 is 0. The van der Waals surface area contributed by atoms with Crippen molar-refractivity contribution in [1.29, 1.82) is 0 Å². The number of ether oxygens (including phenoxy) is 1. The molecule has 26 heavy (non-hydrogen) atoms. The lowest BCUT2D eigenvalue weighted by atomic mass is 9.79. The van der Waals surface area contributed by atoms with Crippen LogP contribution in [0.2, 0.25) is 0 Å². The van der Waals surface area contributed by atoms with Crippen molar-refractivity contribution in [3.05, 3.63) is 47.8 Å². The number of fused-ring (bicyclic) bond motifs is 2. The van der Waals surface area contributed by atoms with Gasteiger partial charge in [-0.1, -0.05) is 6.92 Å². The van der Waals surface area contributed by atoms with Gasteiger partial charge in [0.2, 0.25) is 5.91 Å². The molecule has 2 atom stereocenters. The third-order valence-electron chi connectivity index (χ3n) is 5.05. The third kappa shape index (κ3) is 2.23. The molecule has 7 heteroatoms. The van der Waals surface area contributed by atoms with E-state index in [1.54, 1.807) is 19.3 Å². The van der Waals surface area contributed by atoms with Gasteiger partial charge in [-0.05, 0) is 43.2 Å². The van der Waals surface area contributed by atoms with Crippen LogP contribution in [0.15, 0.2) is 36.7 Å². The van der Waals surface area contributed by atoms with Crippen LogP contribution in [0.25, 0.3) is 0 Å². The number of rotatable bonds is 4. The first-order chi connectivity index (χ1) is 12.6. The Morgan fingerprint density at radius 2 is 1.85 bits per heavy atom. The summed E-state index contributed by atoms with van der Waals surface area (Å²) in [4.78, 5) is 29.3. The highest BCUT2D eigenvalue weighted by Crippen LogP contribution is 2.47. The van der Waals surface area contributed by atoms with E-state index in [1.165, 1.54) is 0 Å². The van der Waals surface area contributed by atoms with Crippen LogP contribution in [0, 0.1) is 0 Å². The van der Waals surface area contributed by atoms with Gasteiger partial charge in [0.15, 0.2) is 5.41 Å². The lowest BCUT2D eigenvalue weighted by Gasteiger charge is -2.23. The van der Waals surface area contributed by atoms with Gasteiger partial charge < -0.3 is 20.7 Å². The van der Waals surface area contributed by atoms with Gasteiger partial charge >= 0.3 is 5.97 Å². The molecule has 0 bridgehead atoms. The molecule has 1 aromatic carbocycles. The molecule has 2 unspecified atom stereocenters. The number of anilines is 3. The van der Waals surface area contributed by atoms with Gasteiger partial charge in [0.25, 0.3) is 0 Å². The smallest absolute Gasteiger partial charge is 0.326 e. The minimum Gasteiger partial charge on any atom is -0.465 e. The van der Waals surface area contributed by atoms with Gasteiger partial charge in [-0.25, -0.2) is 0 Å². The highest BCUT2D eigenvalue weighted by molar-refractivity contribution is 6.20. The number of carbonyl (C=O) groups is 2. The van der Waals surface area contributed by atoms with E-state index in [0.717, 1.165) is 16.9 Å². The summed E-state index contributed by atoms with van der Waals surface area (Å²) in [6.07, 6.45) is 3.73. The fraction of sp³-hybridized carbons (Fsp3) is 0.316. The van der Waals surface area contributed by atoms with Crippen molar-refractivity contribution in [3.8, 4) is 0 Å². The SMILES string of the molecule is CCOC(=O)C1(CC)C(=O)Nc2cc3c(cc21)NC(c1ccncc1)N3. The number of aromatic nitrogens is 1. The quantitative estimate of drug-likeness (QED) is 0.579.